The average Bonchev–Trinajstić information content (AvgIpc) is 2.56. The number of rotatable bonds is 6. The summed E-state index contributed by atoms with van der Waals surface area (Å²) in [5, 5.41) is 0. The Morgan fingerprint density at radius 1 is 1.04 bits per heavy atom. The molecule has 0 N–H and O–H groups in total. The fourth-order valence-corrected chi connectivity index (χ4v) is 3.23. The number of benzene rings is 1. The molecule has 0 fully saturated rings. The van der Waals surface area contributed by atoms with E-state index in [0.29, 0.717) is 11.8 Å². The van der Waals surface area contributed by atoms with Gasteiger partial charge in [-0.3, -0.25) is 4.98 Å². The lowest BCUT2D eigenvalue weighted by Crippen LogP contribution is -2.10. The molecule has 0 aliphatic rings. The molecule has 25 heavy (non-hydrogen) atoms. The number of hydrogen-bond acceptors (Lipinski definition) is 1. The molecule has 2 aromatic rings. The fraction of sp³-hybridized carbons (Fsp3) is 0.348. The van der Waals surface area contributed by atoms with Gasteiger partial charge in [0.25, 0.3) is 0 Å². The Morgan fingerprint density at radius 3 is 2.12 bits per heavy atom. The summed E-state index contributed by atoms with van der Waals surface area (Å²) >= 11 is 0. The topological polar surface area (TPSA) is 12.9 Å². The van der Waals surface area contributed by atoms with Crippen LogP contribution in [0, 0.1) is 5.82 Å². The van der Waals surface area contributed by atoms with E-state index in [1.54, 1.807) is 0 Å². The monoisotopic (exact) mass is 337 g/mol. The summed E-state index contributed by atoms with van der Waals surface area (Å²) in [4.78, 5) is 5.04. The van der Waals surface area contributed by atoms with Crippen LogP contribution in [0.3, 0.4) is 0 Å². The molecular weight excluding hydrogens is 309 g/mol. The highest BCUT2D eigenvalue weighted by atomic mass is 19.1. The molecule has 2 heteroatoms. The summed E-state index contributed by atoms with van der Waals surface area (Å²) in [7, 11) is 0. The third kappa shape index (κ3) is 4.07. The van der Waals surface area contributed by atoms with Crippen LogP contribution >= 0.6 is 0 Å². The first kappa shape index (κ1) is 19.1. The Morgan fingerprint density at radius 2 is 1.64 bits per heavy atom. The molecule has 1 aromatic carbocycles. The van der Waals surface area contributed by atoms with Gasteiger partial charge < -0.3 is 0 Å². The highest BCUT2D eigenvalue weighted by Crippen LogP contribution is 2.37. The zero-order chi connectivity index (χ0) is 18.6. The van der Waals surface area contributed by atoms with Crippen molar-refractivity contribution in [2.75, 3.05) is 0 Å². The Labute approximate surface area is 151 Å². The lowest BCUT2D eigenvalue weighted by molar-refractivity contribution is 0.628. The molecule has 0 atom stereocenters. The molecule has 0 spiro atoms. The first-order chi connectivity index (χ1) is 11.9. The molecule has 2 rings (SSSR count). The number of allylic oxidation sites excluding steroid dienone is 2. The largest absolute Gasteiger partial charge is 0.256 e. The number of nitrogens with zero attached hydrogens (tertiary/aromatic N) is 1. The van der Waals surface area contributed by atoms with Crippen LogP contribution in [0.25, 0.3) is 17.2 Å². The molecule has 0 unspecified atom stereocenters. The first-order valence-electron chi connectivity index (χ1n) is 8.96. The van der Waals surface area contributed by atoms with Crippen LogP contribution in [0.1, 0.15) is 69.0 Å². The quantitative estimate of drug-likeness (QED) is 0.523. The van der Waals surface area contributed by atoms with Crippen LogP contribution < -0.4 is 0 Å². The summed E-state index contributed by atoms with van der Waals surface area (Å²) in [5.74, 6) is 0.399. The van der Waals surface area contributed by atoms with Gasteiger partial charge in [-0.15, -0.1) is 6.58 Å². The second kappa shape index (κ2) is 8.24. The van der Waals surface area contributed by atoms with Crippen molar-refractivity contribution in [1.29, 1.82) is 0 Å². The average molecular weight is 337 g/mol. The fourth-order valence-electron chi connectivity index (χ4n) is 3.23. The predicted octanol–water partition coefficient (Wildman–Crippen LogP) is 6.90. The molecule has 0 bridgehead atoms. The van der Waals surface area contributed by atoms with Gasteiger partial charge in [-0.1, -0.05) is 58.1 Å². The van der Waals surface area contributed by atoms with E-state index in [4.69, 9.17) is 4.98 Å². The van der Waals surface area contributed by atoms with Crippen LogP contribution in [0.5, 0.6) is 0 Å². The maximum absolute atomic E-state index is 13.5. The van der Waals surface area contributed by atoms with E-state index in [9.17, 15) is 4.39 Å². The van der Waals surface area contributed by atoms with E-state index >= 15 is 0 Å². The van der Waals surface area contributed by atoms with Gasteiger partial charge in [-0.2, -0.15) is 0 Å². The van der Waals surface area contributed by atoms with Crippen LogP contribution in [0.15, 0.2) is 43.0 Å². The molecule has 0 saturated carbocycles. The lowest BCUT2D eigenvalue weighted by atomic mass is 9.86. The summed E-state index contributed by atoms with van der Waals surface area (Å²) in [6.45, 7) is 14.6. The van der Waals surface area contributed by atoms with Gasteiger partial charge in [0.05, 0.1) is 5.69 Å². The van der Waals surface area contributed by atoms with E-state index < -0.39 is 0 Å². The Balaban J connectivity index is 2.95. The van der Waals surface area contributed by atoms with Crippen molar-refractivity contribution >= 4 is 6.08 Å². The van der Waals surface area contributed by atoms with Gasteiger partial charge in [0, 0.05) is 11.3 Å². The van der Waals surface area contributed by atoms with Crippen LogP contribution in [0.4, 0.5) is 4.39 Å². The third-order valence-electron chi connectivity index (χ3n) is 4.31. The second-order valence-electron chi connectivity index (χ2n) is 6.96. The first-order valence-corrected chi connectivity index (χ1v) is 8.96. The highest BCUT2D eigenvalue weighted by Gasteiger charge is 2.21. The standard InChI is InChI=1S/C23H28FN/c1-7-9-19-21(17-11-13-18(24)14-12-17)20(10-8-2)23(16(5)6)25-22(19)15(3)4/h7-8,10-16H,1,9H2,2-6H3/b10-8+. The molecule has 132 valence electrons. The number of halogens is 1. The number of pyridine rings is 1. The van der Waals surface area contributed by atoms with Gasteiger partial charge >= 0.3 is 0 Å². The van der Waals surface area contributed by atoms with Crippen LogP contribution in [0.2, 0.25) is 0 Å². The van der Waals surface area contributed by atoms with Crippen LogP contribution in [-0.2, 0) is 6.42 Å². The Hall–Kier alpha value is -2.22. The Kier molecular flexibility index (Phi) is 6.30. The van der Waals surface area contributed by atoms with Crippen molar-refractivity contribution in [2.24, 2.45) is 0 Å². The normalized spacial score (nSPS) is 11.7. The van der Waals surface area contributed by atoms with Gasteiger partial charge in [0.2, 0.25) is 0 Å². The third-order valence-corrected chi connectivity index (χ3v) is 4.31. The molecule has 0 aliphatic carbocycles. The molecule has 0 saturated heterocycles. The lowest BCUT2D eigenvalue weighted by Gasteiger charge is -2.23. The molecular formula is C23H28FN. The van der Waals surface area contributed by atoms with Crippen molar-refractivity contribution in [3.63, 3.8) is 0 Å². The molecule has 0 amide bonds. The molecule has 0 aliphatic heterocycles. The van der Waals surface area contributed by atoms with E-state index in [1.807, 2.05) is 31.2 Å². The van der Waals surface area contributed by atoms with Gasteiger partial charge in [0.1, 0.15) is 5.82 Å². The maximum Gasteiger partial charge on any atom is 0.123 e. The van der Waals surface area contributed by atoms with Crippen molar-refractivity contribution in [2.45, 2.75) is 52.9 Å². The molecule has 1 nitrogen and oxygen atoms in total. The van der Waals surface area contributed by atoms with Crippen molar-refractivity contribution < 1.29 is 4.39 Å². The van der Waals surface area contributed by atoms with Gasteiger partial charge in [-0.25, -0.2) is 4.39 Å². The predicted molar refractivity (Wildman–Crippen MR) is 106 cm³/mol. The molecule has 1 aromatic heterocycles. The van der Waals surface area contributed by atoms with Gasteiger partial charge in [-0.05, 0) is 54.0 Å². The summed E-state index contributed by atoms with van der Waals surface area (Å²) in [6.07, 6.45) is 6.83. The van der Waals surface area contributed by atoms with Gasteiger partial charge in [0.15, 0.2) is 0 Å². The second-order valence-corrected chi connectivity index (χ2v) is 6.96. The molecule has 0 radical (unpaired) electrons. The zero-order valence-corrected chi connectivity index (χ0v) is 15.9. The van der Waals surface area contributed by atoms with E-state index in [1.165, 1.54) is 17.7 Å². The SMILES string of the molecule is C=CCc1c(C(C)C)nc(C(C)C)c(/C=C/C)c1-c1ccc(F)cc1. The van der Waals surface area contributed by atoms with E-state index in [0.717, 1.165) is 34.5 Å². The number of hydrogen-bond donors (Lipinski definition) is 0. The summed E-state index contributed by atoms with van der Waals surface area (Å²) in [5.41, 5.74) is 6.70. The minimum absolute atomic E-state index is 0.219. The summed E-state index contributed by atoms with van der Waals surface area (Å²) in [6, 6.07) is 6.77. The minimum atomic E-state index is -0.219. The number of aromatic nitrogens is 1. The molecule has 1 heterocycles. The summed E-state index contributed by atoms with van der Waals surface area (Å²) < 4.78 is 13.5. The Bertz CT molecular complexity index is 768. The maximum atomic E-state index is 13.5. The zero-order valence-electron chi connectivity index (χ0n) is 15.9. The smallest absolute Gasteiger partial charge is 0.123 e. The van der Waals surface area contributed by atoms with E-state index in [2.05, 4.69) is 40.3 Å². The van der Waals surface area contributed by atoms with Crippen molar-refractivity contribution in [1.82, 2.24) is 4.98 Å². The minimum Gasteiger partial charge on any atom is -0.256 e. The van der Waals surface area contributed by atoms with E-state index in [-0.39, 0.29) is 5.82 Å². The van der Waals surface area contributed by atoms with Crippen molar-refractivity contribution in [3.05, 3.63) is 71.3 Å². The van der Waals surface area contributed by atoms with Crippen LogP contribution in [-0.4, -0.2) is 4.98 Å². The highest BCUT2D eigenvalue weighted by molar-refractivity contribution is 5.80. The van der Waals surface area contributed by atoms with Crippen molar-refractivity contribution in [3.8, 4) is 11.1 Å².